The van der Waals surface area contributed by atoms with E-state index in [-0.39, 0.29) is 31.4 Å². The molecule has 6 heteroatoms. The predicted octanol–water partition coefficient (Wildman–Crippen LogP) is 2.18. The Morgan fingerprint density at radius 2 is 2.14 bits per heavy atom. The van der Waals surface area contributed by atoms with Crippen LogP contribution in [0.4, 0.5) is 0 Å². The van der Waals surface area contributed by atoms with Gasteiger partial charge in [-0.25, -0.2) is 0 Å². The lowest BCUT2D eigenvalue weighted by Gasteiger charge is -2.27. The zero-order chi connectivity index (χ0) is 13.3. The lowest BCUT2D eigenvalue weighted by atomic mass is 10.1. The molecule has 21 heavy (non-hydrogen) atoms. The molecule has 0 amide bonds. The first kappa shape index (κ1) is 20.0. The van der Waals surface area contributed by atoms with Gasteiger partial charge in [-0.05, 0) is 31.9 Å². The highest BCUT2D eigenvalue weighted by molar-refractivity contribution is 5.85. The van der Waals surface area contributed by atoms with Gasteiger partial charge in [-0.1, -0.05) is 11.8 Å². The second-order valence-electron chi connectivity index (χ2n) is 4.64. The molecule has 0 aliphatic carbocycles. The molecule has 2 N–H and O–H groups in total. The normalized spacial score (nSPS) is 15.6. The number of halogens is 2. The van der Waals surface area contributed by atoms with Crippen LogP contribution in [0.15, 0.2) is 18.5 Å². The third-order valence-corrected chi connectivity index (χ3v) is 3.03. The number of aromatic nitrogens is 1. The Bertz CT molecular complexity index is 456. The average Bonchev–Trinajstić information content (AvgIpc) is 2.37. The summed E-state index contributed by atoms with van der Waals surface area (Å²) >= 11 is 0. The molecule has 1 atom stereocenters. The monoisotopic (exact) mass is 332 g/mol. The number of hydrogen-bond acceptors (Lipinski definition) is 4. The number of unbranched alkanes of at least 4 members (excludes halogenated alkanes) is 2. The predicted molar refractivity (Wildman–Crippen MR) is 88.5 cm³/mol. The van der Waals surface area contributed by atoms with Gasteiger partial charge in [-0.3, -0.25) is 4.98 Å². The van der Waals surface area contributed by atoms with Crippen LogP contribution in [0.1, 0.15) is 31.2 Å². The van der Waals surface area contributed by atoms with E-state index in [1.807, 2.05) is 6.07 Å². The van der Waals surface area contributed by atoms with Gasteiger partial charge < -0.3 is 15.2 Å². The Balaban J connectivity index is 0.00000200. The van der Waals surface area contributed by atoms with Crippen molar-refractivity contribution in [1.82, 2.24) is 10.3 Å². The van der Waals surface area contributed by atoms with Crippen molar-refractivity contribution in [3.63, 3.8) is 0 Å². The quantitative estimate of drug-likeness (QED) is 0.619. The van der Waals surface area contributed by atoms with Crippen LogP contribution in [-0.2, 0) is 0 Å². The molecule has 1 aromatic rings. The number of nitrogens with one attached hydrogen (secondary N) is 1. The maximum atomic E-state index is 8.67. The molecule has 2 heterocycles. The van der Waals surface area contributed by atoms with Gasteiger partial charge in [-0.2, -0.15) is 0 Å². The highest BCUT2D eigenvalue weighted by Crippen LogP contribution is 2.12. The lowest BCUT2D eigenvalue weighted by molar-refractivity contribution is 0.217. The van der Waals surface area contributed by atoms with Gasteiger partial charge in [0.2, 0.25) is 0 Å². The van der Waals surface area contributed by atoms with Crippen LogP contribution in [-0.4, -0.2) is 35.9 Å². The van der Waals surface area contributed by atoms with Crippen LogP contribution in [0.25, 0.3) is 0 Å². The van der Waals surface area contributed by atoms with Crippen molar-refractivity contribution in [2.75, 3.05) is 19.8 Å². The molecule has 4 nitrogen and oxygen atoms in total. The first-order valence-corrected chi connectivity index (χ1v) is 6.79. The third kappa shape index (κ3) is 7.54. The summed E-state index contributed by atoms with van der Waals surface area (Å²) in [5, 5.41) is 12.0. The molecule has 0 saturated carbocycles. The largest absolute Gasteiger partial charge is 0.490 e. The van der Waals surface area contributed by atoms with Crippen molar-refractivity contribution >= 4 is 24.8 Å². The van der Waals surface area contributed by atoms with Crippen molar-refractivity contribution < 1.29 is 9.84 Å². The standard InChI is InChI=1S/C15H20N2O2.2ClH/c18-8-4-2-1-3-5-13-9-15(11-16-10-13)19-12-14-6-7-17-14;;/h9-11,14,17-18H,1-2,4,6-8,12H2;2*1H/t14-;;/m0../s1. The van der Waals surface area contributed by atoms with Crippen LogP contribution in [0, 0.1) is 11.8 Å². The van der Waals surface area contributed by atoms with Crippen LogP contribution in [0.3, 0.4) is 0 Å². The summed E-state index contributed by atoms with van der Waals surface area (Å²) in [5.74, 6) is 6.93. The van der Waals surface area contributed by atoms with E-state index in [0.29, 0.717) is 12.6 Å². The van der Waals surface area contributed by atoms with Crippen LogP contribution in [0.5, 0.6) is 5.75 Å². The van der Waals surface area contributed by atoms with Gasteiger partial charge in [0.1, 0.15) is 12.4 Å². The minimum Gasteiger partial charge on any atom is -0.490 e. The van der Waals surface area contributed by atoms with Gasteiger partial charge in [-0.15, -0.1) is 24.8 Å². The van der Waals surface area contributed by atoms with E-state index >= 15 is 0 Å². The second kappa shape index (κ2) is 11.6. The van der Waals surface area contributed by atoms with Crippen LogP contribution < -0.4 is 10.1 Å². The van der Waals surface area contributed by atoms with Crippen molar-refractivity contribution in [2.24, 2.45) is 0 Å². The maximum Gasteiger partial charge on any atom is 0.138 e. The smallest absolute Gasteiger partial charge is 0.138 e. The molecule has 118 valence electrons. The molecule has 1 aromatic heterocycles. The van der Waals surface area contributed by atoms with Crippen molar-refractivity contribution in [3.05, 3.63) is 24.0 Å². The van der Waals surface area contributed by atoms with Gasteiger partial charge in [0, 0.05) is 30.8 Å². The van der Waals surface area contributed by atoms with E-state index in [1.165, 1.54) is 6.42 Å². The van der Waals surface area contributed by atoms with Gasteiger partial charge in [0.25, 0.3) is 0 Å². The Labute approximate surface area is 138 Å². The summed E-state index contributed by atoms with van der Waals surface area (Å²) in [4.78, 5) is 4.13. The zero-order valence-electron chi connectivity index (χ0n) is 11.9. The molecule has 0 aromatic carbocycles. The van der Waals surface area contributed by atoms with E-state index in [0.717, 1.165) is 37.1 Å². The topological polar surface area (TPSA) is 54.4 Å². The summed E-state index contributed by atoms with van der Waals surface area (Å²) in [7, 11) is 0. The number of hydrogen-bond donors (Lipinski definition) is 2. The number of nitrogens with zero attached hydrogens (tertiary/aromatic N) is 1. The van der Waals surface area contributed by atoms with E-state index < -0.39 is 0 Å². The molecule has 0 bridgehead atoms. The first-order valence-electron chi connectivity index (χ1n) is 6.79. The highest BCUT2D eigenvalue weighted by atomic mass is 35.5. The van der Waals surface area contributed by atoms with E-state index in [9.17, 15) is 0 Å². The summed E-state index contributed by atoms with van der Waals surface area (Å²) in [6, 6.07) is 2.40. The molecular formula is C15H22Cl2N2O2. The Kier molecular flexibility index (Phi) is 11.1. The minimum absolute atomic E-state index is 0. The van der Waals surface area contributed by atoms with E-state index in [1.54, 1.807) is 12.4 Å². The molecule has 0 spiro atoms. The fourth-order valence-electron chi connectivity index (χ4n) is 1.74. The zero-order valence-corrected chi connectivity index (χ0v) is 13.5. The lowest BCUT2D eigenvalue weighted by Crippen LogP contribution is -2.46. The number of rotatable bonds is 6. The SMILES string of the molecule is Cl.Cl.OCCCCC#Cc1cncc(OC[C@@H]2CCN2)c1. The molecular weight excluding hydrogens is 311 g/mol. The Hall–Kier alpha value is -0.990. The van der Waals surface area contributed by atoms with E-state index in [2.05, 4.69) is 22.1 Å². The number of ether oxygens (including phenoxy) is 1. The van der Waals surface area contributed by atoms with Crippen molar-refractivity contribution in [3.8, 4) is 17.6 Å². The third-order valence-electron chi connectivity index (χ3n) is 3.03. The van der Waals surface area contributed by atoms with Crippen molar-refractivity contribution in [2.45, 2.75) is 31.7 Å². The summed E-state index contributed by atoms with van der Waals surface area (Å²) in [6.07, 6.45) is 7.18. The van der Waals surface area contributed by atoms with Crippen LogP contribution >= 0.6 is 24.8 Å². The Morgan fingerprint density at radius 1 is 1.33 bits per heavy atom. The fraction of sp³-hybridized carbons (Fsp3) is 0.533. The average molecular weight is 333 g/mol. The Morgan fingerprint density at radius 3 is 2.81 bits per heavy atom. The van der Waals surface area contributed by atoms with Gasteiger partial charge in [0.05, 0.1) is 6.20 Å². The molecule has 1 fully saturated rings. The second-order valence-corrected chi connectivity index (χ2v) is 4.64. The minimum atomic E-state index is 0. The van der Waals surface area contributed by atoms with Crippen molar-refractivity contribution in [1.29, 1.82) is 0 Å². The summed E-state index contributed by atoms with van der Waals surface area (Å²) in [6.45, 7) is 2.02. The van der Waals surface area contributed by atoms with Gasteiger partial charge in [0.15, 0.2) is 0 Å². The fourth-order valence-corrected chi connectivity index (χ4v) is 1.74. The molecule has 2 rings (SSSR count). The number of aliphatic hydroxyl groups is 1. The molecule has 1 aliphatic heterocycles. The highest BCUT2D eigenvalue weighted by Gasteiger charge is 2.16. The van der Waals surface area contributed by atoms with E-state index in [4.69, 9.17) is 9.84 Å². The van der Waals surface area contributed by atoms with Crippen LogP contribution in [0.2, 0.25) is 0 Å². The summed E-state index contributed by atoms with van der Waals surface area (Å²) < 4.78 is 5.67. The maximum absolute atomic E-state index is 8.67. The van der Waals surface area contributed by atoms with Gasteiger partial charge >= 0.3 is 0 Å². The molecule has 0 unspecified atom stereocenters. The number of pyridine rings is 1. The molecule has 0 radical (unpaired) electrons. The molecule has 1 aliphatic rings. The molecule has 1 saturated heterocycles. The number of aliphatic hydroxyl groups excluding tert-OH is 1. The first-order chi connectivity index (χ1) is 9.38. The summed E-state index contributed by atoms with van der Waals surface area (Å²) in [5.41, 5.74) is 0.878.